The van der Waals surface area contributed by atoms with Gasteiger partial charge < -0.3 is 4.74 Å². The molecule has 0 saturated heterocycles. The number of hydrogen-bond donors (Lipinski definition) is 0. The van der Waals surface area contributed by atoms with E-state index < -0.39 is 17.7 Å². The van der Waals surface area contributed by atoms with Crippen molar-refractivity contribution in [2.45, 2.75) is 20.8 Å². The molecule has 0 unspecified atom stereocenters. The first-order valence-corrected chi connectivity index (χ1v) is 4.03. The Bertz CT molecular complexity index is 230. The van der Waals surface area contributed by atoms with Crippen LogP contribution in [-0.4, -0.2) is 24.6 Å². The lowest BCUT2D eigenvalue weighted by atomic mass is 9.92. The number of hydrogen-bond acceptors (Lipinski definition) is 4. The largest absolute Gasteiger partial charge is 0.468 e. The van der Waals surface area contributed by atoms with Crippen molar-refractivity contribution in [1.29, 1.82) is 0 Å². The van der Waals surface area contributed by atoms with Crippen molar-refractivity contribution >= 4 is 17.5 Å². The van der Waals surface area contributed by atoms with E-state index in [4.69, 9.17) is 0 Å². The number of rotatable bonds is 4. The van der Waals surface area contributed by atoms with Gasteiger partial charge in [-0.25, -0.2) is 0 Å². The third-order valence-corrected chi connectivity index (χ3v) is 1.70. The van der Waals surface area contributed by atoms with Crippen LogP contribution in [0.2, 0.25) is 0 Å². The molecule has 0 saturated carbocycles. The van der Waals surface area contributed by atoms with Crippen LogP contribution in [0.3, 0.4) is 0 Å². The molecule has 0 aromatic carbocycles. The van der Waals surface area contributed by atoms with Gasteiger partial charge in [0.1, 0.15) is 0 Å². The van der Waals surface area contributed by atoms with Gasteiger partial charge in [-0.2, -0.15) is 0 Å². The number of carbonyl (C=O) groups is 3. The Balaban J connectivity index is 4.72. The molecule has 0 aromatic rings. The van der Waals surface area contributed by atoms with E-state index in [0.717, 1.165) is 7.11 Å². The zero-order valence-corrected chi connectivity index (χ0v) is 8.29. The number of carbonyl (C=O) groups excluding carboxylic acids is 3. The van der Waals surface area contributed by atoms with Crippen LogP contribution in [0.5, 0.6) is 0 Å². The van der Waals surface area contributed by atoms with Crippen LogP contribution in [-0.2, 0) is 19.1 Å². The molecule has 0 aromatic heterocycles. The maximum atomic E-state index is 11.4. The lowest BCUT2D eigenvalue weighted by Crippen LogP contribution is -2.34. The highest BCUT2D eigenvalue weighted by Crippen LogP contribution is 2.09. The summed E-state index contributed by atoms with van der Waals surface area (Å²) in [5.74, 6) is -3.21. The van der Waals surface area contributed by atoms with E-state index >= 15 is 0 Å². The second-order valence-corrected chi connectivity index (χ2v) is 3.12. The Kier molecular flexibility index (Phi) is 4.31. The van der Waals surface area contributed by atoms with Crippen LogP contribution < -0.4 is 0 Å². The molecule has 4 heteroatoms. The fraction of sp³-hybridized carbons (Fsp3) is 0.667. The molecule has 0 rings (SSSR count). The summed E-state index contributed by atoms with van der Waals surface area (Å²) in [5, 5.41) is 0. The Morgan fingerprint density at radius 3 is 1.85 bits per heavy atom. The molecule has 13 heavy (non-hydrogen) atoms. The van der Waals surface area contributed by atoms with Gasteiger partial charge in [0.25, 0.3) is 0 Å². The number of esters is 1. The predicted molar refractivity (Wildman–Crippen MR) is 46.0 cm³/mol. The summed E-state index contributed by atoms with van der Waals surface area (Å²) in [6.07, 6.45) is 0. The summed E-state index contributed by atoms with van der Waals surface area (Å²) in [7, 11) is 1.16. The molecule has 0 aliphatic rings. The second-order valence-electron chi connectivity index (χ2n) is 3.12. The van der Waals surface area contributed by atoms with Crippen molar-refractivity contribution in [2.75, 3.05) is 7.11 Å². The first-order valence-electron chi connectivity index (χ1n) is 4.03. The average molecular weight is 186 g/mol. The molecule has 74 valence electrons. The van der Waals surface area contributed by atoms with Gasteiger partial charge in [-0.05, 0) is 6.92 Å². The molecule has 0 bridgehead atoms. The Labute approximate surface area is 77.3 Å². The van der Waals surface area contributed by atoms with E-state index in [-0.39, 0.29) is 11.7 Å². The van der Waals surface area contributed by atoms with Gasteiger partial charge in [0.15, 0.2) is 17.5 Å². The summed E-state index contributed by atoms with van der Waals surface area (Å²) in [4.78, 5) is 33.4. The number of ether oxygens (including phenoxy) is 1. The second kappa shape index (κ2) is 4.74. The van der Waals surface area contributed by atoms with Crippen molar-refractivity contribution in [1.82, 2.24) is 0 Å². The summed E-state index contributed by atoms with van der Waals surface area (Å²) in [6, 6.07) is 0. The number of methoxy groups -OCH3 is 1. The lowest BCUT2D eigenvalue weighted by molar-refractivity contribution is -0.153. The zero-order chi connectivity index (χ0) is 10.6. The SMILES string of the molecule is COC(=O)[C@H](C(C)=O)C(=O)C(C)C. The topological polar surface area (TPSA) is 60.4 Å². The van der Waals surface area contributed by atoms with E-state index in [9.17, 15) is 14.4 Å². The number of Topliss-reactive ketones (excluding diaryl/α,β-unsaturated/α-hetero) is 2. The smallest absolute Gasteiger partial charge is 0.323 e. The zero-order valence-electron chi connectivity index (χ0n) is 8.29. The van der Waals surface area contributed by atoms with Crippen LogP contribution in [0.15, 0.2) is 0 Å². The number of ketones is 2. The van der Waals surface area contributed by atoms with Crippen molar-refractivity contribution in [3.63, 3.8) is 0 Å². The van der Waals surface area contributed by atoms with Gasteiger partial charge in [-0.1, -0.05) is 13.8 Å². The normalized spacial score (nSPS) is 12.4. The van der Waals surface area contributed by atoms with Gasteiger partial charge in [0.2, 0.25) is 0 Å². The van der Waals surface area contributed by atoms with Crippen LogP contribution >= 0.6 is 0 Å². The Morgan fingerprint density at radius 2 is 1.62 bits per heavy atom. The van der Waals surface area contributed by atoms with E-state index in [1.54, 1.807) is 13.8 Å². The van der Waals surface area contributed by atoms with Crippen LogP contribution in [0.1, 0.15) is 20.8 Å². The molecule has 1 atom stereocenters. The average Bonchev–Trinajstić information content (AvgIpc) is 2.03. The first kappa shape index (κ1) is 11.8. The van der Waals surface area contributed by atoms with Gasteiger partial charge in [0.05, 0.1) is 7.11 Å². The van der Waals surface area contributed by atoms with Crippen molar-refractivity contribution in [2.24, 2.45) is 11.8 Å². The quantitative estimate of drug-likeness (QED) is 0.476. The molecule has 0 heterocycles. The summed E-state index contributed by atoms with van der Waals surface area (Å²) in [5.41, 5.74) is 0. The van der Waals surface area contributed by atoms with E-state index in [1.807, 2.05) is 0 Å². The molecule has 0 radical (unpaired) electrons. The molecule has 0 aliphatic carbocycles. The predicted octanol–water partition coefficient (Wildman–Crippen LogP) is 0.590. The molecule has 0 fully saturated rings. The van der Waals surface area contributed by atoms with Gasteiger partial charge in [-0.3, -0.25) is 14.4 Å². The van der Waals surface area contributed by atoms with Gasteiger partial charge in [-0.15, -0.1) is 0 Å². The van der Waals surface area contributed by atoms with Gasteiger partial charge in [0, 0.05) is 5.92 Å². The Hall–Kier alpha value is -1.19. The van der Waals surface area contributed by atoms with Crippen molar-refractivity contribution in [3.8, 4) is 0 Å². The summed E-state index contributed by atoms with van der Waals surface area (Å²) in [6.45, 7) is 4.49. The highest BCUT2D eigenvalue weighted by molar-refractivity contribution is 6.16. The van der Waals surface area contributed by atoms with Crippen molar-refractivity contribution < 1.29 is 19.1 Å². The minimum absolute atomic E-state index is 0.340. The molecule has 0 aliphatic heterocycles. The minimum Gasteiger partial charge on any atom is -0.468 e. The Morgan fingerprint density at radius 1 is 1.15 bits per heavy atom. The standard InChI is InChI=1S/C9H14O4/c1-5(2)8(11)7(6(3)10)9(12)13-4/h5,7H,1-4H3/t7-/m1/s1. The molecular formula is C9H14O4. The van der Waals surface area contributed by atoms with E-state index in [2.05, 4.69) is 4.74 Å². The fourth-order valence-electron chi connectivity index (χ4n) is 0.934. The molecule has 0 spiro atoms. The lowest BCUT2D eigenvalue weighted by Gasteiger charge is -2.11. The third-order valence-electron chi connectivity index (χ3n) is 1.70. The van der Waals surface area contributed by atoms with Crippen LogP contribution in [0.4, 0.5) is 0 Å². The molecule has 4 nitrogen and oxygen atoms in total. The third kappa shape index (κ3) is 2.97. The fourth-order valence-corrected chi connectivity index (χ4v) is 0.934. The highest BCUT2D eigenvalue weighted by Gasteiger charge is 2.33. The molecule has 0 N–H and O–H groups in total. The first-order chi connectivity index (χ1) is 5.91. The van der Waals surface area contributed by atoms with Crippen LogP contribution in [0.25, 0.3) is 0 Å². The van der Waals surface area contributed by atoms with Crippen molar-refractivity contribution in [3.05, 3.63) is 0 Å². The highest BCUT2D eigenvalue weighted by atomic mass is 16.5. The maximum absolute atomic E-state index is 11.4. The minimum atomic E-state index is -1.25. The molecular weight excluding hydrogens is 172 g/mol. The van der Waals surface area contributed by atoms with E-state index in [1.165, 1.54) is 6.92 Å². The molecule has 0 amide bonds. The van der Waals surface area contributed by atoms with E-state index in [0.29, 0.717) is 0 Å². The van der Waals surface area contributed by atoms with Crippen LogP contribution in [0, 0.1) is 11.8 Å². The summed E-state index contributed by atoms with van der Waals surface area (Å²) >= 11 is 0. The monoisotopic (exact) mass is 186 g/mol. The summed E-state index contributed by atoms with van der Waals surface area (Å²) < 4.78 is 4.36. The van der Waals surface area contributed by atoms with Gasteiger partial charge >= 0.3 is 5.97 Å². The maximum Gasteiger partial charge on any atom is 0.323 e.